The number of amides is 1. The van der Waals surface area contributed by atoms with Gasteiger partial charge in [0.15, 0.2) is 11.3 Å². The van der Waals surface area contributed by atoms with E-state index in [-0.39, 0.29) is 0 Å². The van der Waals surface area contributed by atoms with Gasteiger partial charge in [0, 0.05) is 23.1 Å². The van der Waals surface area contributed by atoms with Crippen molar-refractivity contribution in [1.82, 2.24) is 9.88 Å². The molecule has 5 heteroatoms. The first kappa shape index (κ1) is 19.5. The lowest BCUT2D eigenvalue weighted by Gasteiger charge is -2.37. The van der Waals surface area contributed by atoms with E-state index in [1.807, 2.05) is 45.9 Å². The van der Waals surface area contributed by atoms with Gasteiger partial charge in [0.1, 0.15) is 0 Å². The fourth-order valence-corrected chi connectivity index (χ4v) is 3.92. The molecule has 1 amide bonds. The predicted octanol–water partition coefficient (Wildman–Crippen LogP) is 4.68. The van der Waals surface area contributed by atoms with Crippen molar-refractivity contribution in [2.45, 2.75) is 65.2 Å². The summed E-state index contributed by atoms with van der Waals surface area (Å²) in [6.45, 7) is 10.0. The average molecular weight is 370 g/mol. The van der Waals surface area contributed by atoms with Crippen molar-refractivity contribution in [3.8, 4) is 0 Å². The number of allylic oxidation sites excluding steroid dienone is 2. The molecule has 27 heavy (non-hydrogen) atoms. The second-order valence-corrected chi connectivity index (χ2v) is 8.12. The van der Waals surface area contributed by atoms with E-state index in [9.17, 15) is 9.90 Å². The summed E-state index contributed by atoms with van der Waals surface area (Å²) in [5.41, 5.74) is 2.30. The second-order valence-electron chi connectivity index (χ2n) is 8.12. The Morgan fingerprint density at radius 1 is 1.30 bits per heavy atom. The fraction of sp³-hybridized carbons (Fsp3) is 0.500. The first-order valence-corrected chi connectivity index (χ1v) is 9.58. The maximum absolute atomic E-state index is 12.5. The van der Waals surface area contributed by atoms with E-state index in [0.717, 1.165) is 23.0 Å². The van der Waals surface area contributed by atoms with Gasteiger partial charge in [0.05, 0.1) is 0 Å². The molecule has 0 saturated carbocycles. The van der Waals surface area contributed by atoms with Crippen LogP contribution in [0.25, 0.3) is 10.9 Å². The molecule has 1 saturated heterocycles. The van der Waals surface area contributed by atoms with Gasteiger partial charge < -0.3 is 14.8 Å². The molecule has 2 atom stereocenters. The van der Waals surface area contributed by atoms with Gasteiger partial charge in [-0.2, -0.15) is 0 Å². The highest BCUT2D eigenvalue weighted by atomic mass is 16.6. The van der Waals surface area contributed by atoms with E-state index in [1.54, 1.807) is 6.92 Å². The van der Waals surface area contributed by atoms with E-state index < -0.39 is 17.4 Å². The molecule has 146 valence electrons. The highest BCUT2D eigenvalue weighted by Gasteiger charge is 2.58. The van der Waals surface area contributed by atoms with Crippen LogP contribution in [-0.2, 0) is 11.2 Å². The van der Waals surface area contributed by atoms with Gasteiger partial charge >= 0.3 is 6.09 Å². The molecule has 2 heterocycles. The molecule has 3 rings (SSSR count). The van der Waals surface area contributed by atoms with Crippen molar-refractivity contribution in [1.29, 1.82) is 0 Å². The Bertz CT molecular complexity index is 877. The van der Waals surface area contributed by atoms with Crippen LogP contribution in [0.1, 0.15) is 51.8 Å². The summed E-state index contributed by atoms with van der Waals surface area (Å²) < 4.78 is 5.65. The normalized spacial score (nSPS) is 25.1. The van der Waals surface area contributed by atoms with Crippen molar-refractivity contribution in [3.05, 3.63) is 47.2 Å². The number of aromatic nitrogens is 1. The van der Waals surface area contributed by atoms with Crippen LogP contribution in [0.2, 0.25) is 0 Å². The predicted molar refractivity (Wildman–Crippen MR) is 108 cm³/mol. The largest absolute Gasteiger partial charge is 0.438 e. The zero-order chi connectivity index (χ0) is 19.8. The van der Waals surface area contributed by atoms with Crippen LogP contribution in [0, 0.1) is 6.92 Å². The Balaban J connectivity index is 1.77. The number of para-hydroxylation sites is 1. The van der Waals surface area contributed by atoms with Crippen molar-refractivity contribution < 1.29 is 14.6 Å². The second kappa shape index (κ2) is 7.04. The average Bonchev–Trinajstić information content (AvgIpc) is 2.97. The first-order chi connectivity index (χ1) is 12.7. The molecular formula is C22H30N2O3. The van der Waals surface area contributed by atoms with Crippen molar-refractivity contribution in [2.75, 3.05) is 6.54 Å². The minimum atomic E-state index is -1.35. The van der Waals surface area contributed by atoms with Crippen molar-refractivity contribution >= 4 is 17.0 Å². The third kappa shape index (κ3) is 3.48. The summed E-state index contributed by atoms with van der Waals surface area (Å²) in [6.07, 6.45) is 3.66. The van der Waals surface area contributed by atoms with Gasteiger partial charge in [0.25, 0.3) is 0 Å². The Morgan fingerprint density at radius 3 is 2.70 bits per heavy atom. The summed E-state index contributed by atoms with van der Waals surface area (Å²) in [7, 11) is 0. The number of hydrogen-bond donors (Lipinski definition) is 2. The number of carbonyl (C=O) groups excluding carboxylic acids is 1. The molecule has 1 aromatic carbocycles. The standard InChI is InChI=1S/C22H30N2O3/c1-15(2)9-8-13-21(4)22(5,26)24(20(25)27-21)14-12-17-16(3)23-19-11-7-6-10-18(17)19/h6-7,9-11,23,26H,8,12-14H2,1-5H3/t21-,22+/m1/s1. The molecule has 0 bridgehead atoms. The number of aliphatic hydroxyl groups is 1. The minimum Gasteiger partial charge on any atom is -0.438 e. The Morgan fingerprint density at radius 2 is 2.00 bits per heavy atom. The summed E-state index contributed by atoms with van der Waals surface area (Å²) in [5, 5.41) is 12.3. The number of hydrogen-bond acceptors (Lipinski definition) is 3. The summed E-state index contributed by atoms with van der Waals surface area (Å²) >= 11 is 0. The van der Waals surface area contributed by atoms with Crippen LogP contribution >= 0.6 is 0 Å². The molecule has 1 aliphatic rings. The smallest absolute Gasteiger partial charge is 0.412 e. The lowest BCUT2D eigenvalue weighted by atomic mass is 9.88. The number of aryl methyl sites for hydroxylation is 1. The number of fused-ring (bicyclic) bond motifs is 1. The van der Waals surface area contributed by atoms with Crippen molar-refractivity contribution in [2.24, 2.45) is 0 Å². The zero-order valence-corrected chi connectivity index (χ0v) is 16.9. The van der Waals surface area contributed by atoms with Crippen molar-refractivity contribution in [3.63, 3.8) is 0 Å². The molecular weight excluding hydrogens is 340 g/mol. The molecule has 1 aromatic heterocycles. The highest BCUT2D eigenvalue weighted by Crippen LogP contribution is 2.41. The molecule has 0 radical (unpaired) electrons. The number of benzene rings is 1. The first-order valence-electron chi connectivity index (χ1n) is 9.58. The third-order valence-corrected chi connectivity index (χ3v) is 5.85. The molecule has 0 spiro atoms. The molecule has 1 aliphatic heterocycles. The number of carbonyl (C=O) groups is 1. The molecule has 0 aliphatic carbocycles. The van der Waals surface area contributed by atoms with Gasteiger partial charge in [-0.25, -0.2) is 4.79 Å². The van der Waals surface area contributed by atoms with Gasteiger partial charge in [0.2, 0.25) is 0 Å². The van der Waals surface area contributed by atoms with E-state index in [1.165, 1.54) is 16.0 Å². The van der Waals surface area contributed by atoms with Crippen LogP contribution < -0.4 is 0 Å². The monoisotopic (exact) mass is 370 g/mol. The molecule has 1 fully saturated rings. The van der Waals surface area contributed by atoms with Gasteiger partial charge in [-0.05, 0) is 65.5 Å². The van der Waals surface area contributed by atoms with Crippen LogP contribution in [0.4, 0.5) is 4.79 Å². The fourth-order valence-electron chi connectivity index (χ4n) is 3.92. The maximum atomic E-state index is 12.5. The molecule has 0 unspecified atom stereocenters. The Kier molecular flexibility index (Phi) is 5.08. The number of cyclic esters (lactones) is 1. The Labute approximate surface area is 161 Å². The van der Waals surface area contributed by atoms with Gasteiger partial charge in [-0.15, -0.1) is 0 Å². The number of rotatable bonds is 6. The summed E-state index contributed by atoms with van der Waals surface area (Å²) in [4.78, 5) is 17.4. The van der Waals surface area contributed by atoms with Crippen LogP contribution in [-0.4, -0.2) is 39.0 Å². The SMILES string of the molecule is CC(C)=CCC[C@@]1(C)OC(=O)N(CCc2c(C)[nH]c3ccccc23)[C@@]1(C)O. The molecule has 5 nitrogen and oxygen atoms in total. The minimum absolute atomic E-state index is 0.409. The topological polar surface area (TPSA) is 65.6 Å². The quantitative estimate of drug-likeness (QED) is 0.725. The molecule has 2 aromatic rings. The van der Waals surface area contributed by atoms with Crippen LogP contribution in [0.5, 0.6) is 0 Å². The van der Waals surface area contributed by atoms with E-state index >= 15 is 0 Å². The number of nitrogens with one attached hydrogen (secondary N) is 1. The lowest BCUT2D eigenvalue weighted by Crippen LogP contribution is -2.55. The number of ether oxygens (including phenoxy) is 1. The van der Waals surface area contributed by atoms with E-state index in [4.69, 9.17) is 4.74 Å². The maximum Gasteiger partial charge on any atom is 0.412 e. The lowest BCUT2D eigenvalue weighted by molar-refractivity contribution is -0.138. The van der Waals surface area contributed by atoms with Gasteiger partial charge in [-0.3, -0.25) is 4.90 Å². The summed E-state index contributed by atoms with van der Waals surface area (Å²) in [6, 6.07) is 8.15. The van der Waals surface area contributed by atoms with Gasteiger partial charge in [-0.1, -0.05) is 29.8 Å². The van der Waals surface area contributed by atoms with Crippen LogP contribution in [0.3, 0.4) is 0 Å². The Hall–Kier alpha value is -2.27. The van der Waals surface area contributed by atoms with E-state index in [0.29, 0.717) is 19.4 Å². The zero-order valence-electron chi connectivity index (χ0n) is 16.9. The number of aromatic amines is 1. The molecule has 2 N–H and O–H groups in total. The number of H-pyrrole nitrogens is 1. The number of nitrogens with zero attached hydrogens (tertiary/aromatic N) is 1. The highest BCUT2D eigenvalue weighted by molar-refractivity contribution is 5.84. The van der Waals surface area contributed by atoms with E-state index in [2.05, 4.69) is 17.1 Å². The van der Waals surface area contributed by atoms with Crippen LogP contribution in [0.15, 0.2) is 35.9 Å². The summed E-state index contributed by atoms with van der Waals surface area (Å²) in [5.74, 6) is 0. The third-order valence-electron chi connectivity index (χ3n) is 5.85.